The molecule has 0 bridgehead atoms. The number of nitrogens with one attached hydrogen (secondary N) is 1. The number of thiocarbonyl (C=S) groups is 1. The highest BCUT2D eigenvalue weighted by Gasteiger charge is 2.30. The Morgan fingerprint density at radius 3 is 2.75 bits per heavy atom. The van der Waals surface area contributed by atoms with E-state index in [1.807, 2.05) is 6.07 Å². The lowest BCUT2D eigenvalue weighted by atomic mass is 10.1. The number of benzene rings is 1. The molecule has 0 saturated carbocycles. The number of hydrogen-bond acceptors (Lipinski definition) is 2. The first-order valence-corrected chi connectivity index (χ1v) is 9.38. The van der Waals surface area contributed by atoms with Gasteiger partial charge in [0.2, 0.25) is 0 Å². The molecule has 1 aliphatic heterocycles. The van der Waals surface area contributed by atoms with Crippen molar-refractivity contribution in [1.29, 1.82) is 0 Å². The lowest BCUT2D eigenvalue weighted by molar-refractivity contribution is 0.289. The summed E-state index contributed by atoms with van der Waals surface area (Å²) < 4.78 is 2.33. The van der Waals surface area contributed by atoms with Crippen molar-refractivity contribution in [1.82, 2.24) is 14.8 Å². The largest absolute Gasteiger partial charge is 0.358 e. The standard InChI is InChI=1S/C19H19N3S2/c23-19(20-14-15-6-2-1-3-7-15)22-12-11-21-10-4-8-16(21)18(22)17-9-5-13-24-17/h1-10,13,18H,11-12,14H2,(H,20,23)/t18-/m1/s1. The first kappa shape index (κ1) is 15.4. The lowest BCUT2D eigenvalue weighted by Gasteiger charge is -2.38. The van der Waals surface area contributed by atoms with Crippen LogP contribution in [-0.2, 0) is 13.1 Å². The third-order valence-corrected chi connectivity index (χ3v) is 5.70. The summed E-state index contributed by atoms with van der Waals surface area (Å²) in [5.74, 6) is 0. The molecule has 3 heterocycles. The highest BCUT2D eigenvalue weighted by atomic mass is 32.1. The van der Waals surface area contributed by atoms with Gasteiger partial charge in [0, 0.05) is 36.4 Å². The topological polar surface area (TPSA) is 20.2 Å². The molecule has 0 amide bonds. The lowest BCUT2D eigenvalue weighted by Crippen LogP contribution is -2.46. The molecule has 1 atom stereocenters. The Balaban J connectivity index is 1.56. The van der Waals surface area contributed by atoms with E-state index in [0.717, 1.165) is 24.7 Å². The molecular weight excluding hydrogens is 334 g/mol. The minimum atomic E-state index is 0.199. The summed E-state index contributed by atoms with van der Waals surface area (Å²) in [6.07, 6.45) is 2.16. The van der Waals surface area contributed by atoms with Crippen LogP contribution in [0, 0.1) is 0 Å². The summed E-state index contributed by atoms with van der Waals surface area (Å²) in [5, 5.41) is 6.39. The quantitative estimate of drug-likeness (QED) is 0.718. The fourth-order valence-electron chi connectivity index (χ4n) is 3.22. The van der Waals surface area contributed by atoms with Crippen LogP contribution in [0.1, 0.15) is 22.2 Å². The van der Waals surface area contributed by atoms with E-state index in [4.69, 9.17) is 12.2 Å². The molecule has 3 nitrogen and oxygen atoms in total. The smallest absolute Gasteiger partial charge is 0.170 e. The van der Waals surface area contributed by atoms with Gasteiger partial charge in [-0.15, -0.1) is 11.3 Å². The second-order valence-corrected chi connectivity index (χ2v) is 7.25. The van der Waals surface area contributed by atoms with Gasteiger partial charge in [-0.2, -0.15) is 0 Å². The first-order valence-electron chi connectivity index (χ1n) is 8.10. The molecule has 0 radical (unpaired) electrons. The number of rotatable bonds is 3. The molecule has 1 aromatic carbocycles. The summed E-state index contributed by atoms with van der Waals surface area (Å²) in [6.45, 7) is 2.65. The van der Waals surface area contributed by atoms with Crippen molar-refractivity contribution in [2.24, 2.45) is 0 Å². The maximum atomic E-state index is 5.74. The third kappa shape index (κ3) is 2.97. The van der Waals surface area contributed by atoms with E-state index in [1.54, 1.807) is 11.3 Å². The molecule has 4 rings (SSSR count). The van der Waals surface area contributed by atoms with Crippen LogP contribution in [0.3, 0.4) is 0 Å². The van der Waals surface area contributed by atoms with Crippen LogP contribution in [0.15, 0.2) is 66.2 Å². The first-order chi connectivity index (χ1) is 11.8. The Hall–Kier alpha value is -2.11. The predicted octanol–water partition coefficient (Wildman–Crippen LogP) is 4.03. The van der Waals surface area contributed by atoms with Crippen molar-refractivity contribution in [3.63, 3.8) is 0 Å². The second-order valence-electron chi connectivity index (χ2n) is 5.88. The molecule has 0 saturated heterocycles. The summed E-state index contributed by atoms with van der Waals surface area (Å²) in [7, 11) is 0. The number of hydrogen-bond donors (Lipinski definition) is 1. The van der Waals surface area contributed by atoms with E-state index < -0.39 is 0 Å². The maximum absolute atomic E-state index is 5.74. The van der Waals surface area contributed by atoms with Gasteiger partial charge in [0.15, 0.2) is 5.11 Å². The summed E-state index contributed by atoms with van der Waals surface area (Å²) >= 11 is 7.53. The van der Waals surface area contributed by atoms with Crippen LogP contribution in [0.25, 0.3) is 0 Å². The fourth-order valence-corrected chi connectivity index (χ4v) is 4.34. The van der Waals surface area contributed by atoms with Gasteiger partial charge in [0.05, 0.1) is 0 Å². The molecule has 24 heavy (non-hydrogen) atoms. The van der Waals surface area contributed by atoms with Gasteiger partial charge >= 0.3 is 0 Å². The molecule has 1 N–H and O–H groups in total. The highest BCUT2D eigenvalue weighted by Crippen LogP contribution is 2.34. The Morgan fingerprint density at radius 2 is 1.96 bits per heavy atom. The van der Waals surface area contributed by atoms with E-state index in [0.29, 0.717) is 0 Å². The SMILES string of the molecule is S=C(NCc1ccccc1)N1CCn2cccc2[C@@H]1c1cccs1. The van der Waals surface area contributed by atoms with Crippen LogP contribution in [0.5, 0.6) is 0 Å². The highest BCUT2D eigenvalue weighted by molar-refractivity contribution is 7.80. The number of thiophene rings is 1. The summed E-state index contributed by atoms with van der Waals surface area (Å²) in [6, 6.07) is 19.2. The molecule has 0 aliphatic carbocycles. The van der Waals surface area contributed by atoms with Crippen molar-refractivity contribution in [3.8, 4) is 0 Å². The fraction of sp³-hybridized carbons (Fsp3) is 0.211. The molecule has 3 aromatic rings. The van der Waals surface area contributed by atoms with Crippen molar-refractivity contribution >= 4 is 28.7 Å². The van der Waals surface area contributed by atoms with Crippen molar-refractivity contribution in [2.75, 3.05) is 6.54 Å². The number of fused-ring (bicyclic) bond motifs is 1. The molecular formula is C19H19N3S2. The van der Waals surface area contributed by atoms with Gasteiger partial charge in [-0.1, -0.05) is 36.4 Å². The second kappa shape index (κ2) is 6.79. The Labute approximate surface area is 151 Å². The third-order valence-electron chi connectivity index (χ3n) is 4.40. The van der Waals surface area contributed by atoms with E-state index in [-0.39, 0.29) is 6.04 Å². The number of aromatic nitrogens is 1. The maximum Gasteiger partial charge on any atom is 0.170 e. The Morgan fingerprint density at radius 1 is 1.08 bits per heavy atom. The van der Waals surface area contributed by atoms with Crippen LogP contribution >= 0.6 is 23.6 Å². The summed E-state index contributed by atoms with van der Waals surface area (Å²) in [5.41, 5.74) is 2.56. The van der Waals surface area contributed by atoms with Crippen molar-refractivity contribution in [3.05, 3.63) is 82.3 Å². The van der Waals surface area contributed by atoms with Crippen molar-refractivity contribution < 1.29 is 0 Å². The predicted molar refractivity (Wildman–Crippen MR) is 103 cm³/mol. The van der Waals surface area contributed by atoms with Gasteiger partial charge in [-0.3, -0.25) is 0 Å². The Bertz CT molecular complexity index is 808. The zero-order valence-corrected chi connectivity index (χ0v) is 14.9. The van der Waals surface area contributed by atoms with Crippen LogP contribution in [0.2, 0.25) is 0 Å². The van der Waals surface area contributed by atoms with E-state index in [1.165, 1.54) is 16.1 Å². The van der Waals surface area contributed by atoms with Crippen LogP contribution in [0.4, 0.5) is 0 Å². The van der Waals surface area contributed by atoms with Gasteiger partial charge in [-0.25, -0.2) is 0 Å². The molecule has 1 aliphatic rings. The average Bonchev–Trinajstić information content (AvgIpc) is 3.31. The van der Waals surface area contributed by atoms with E-state index in [9.17, 15) is 0 Å². The zero-order valence-electron chi connectivity index (χ0n) is 13.3. The van der Waals surface area contributed by atoms with Gasteiger partial charge in [-0.05, 0) is 41.4 Å². The molecule has 0 spiro atoms. The van der Waals surface area contributed by atoms with E-state index in [2.05, 4.69) is 74.9 Å². The molecule has 5 heteroatoms. The molecule has 0 fully saturated rings. The number of nitrogens with zero attached hydrogens (tertiary/aromatic N) is 2. The van der Waals surface area contributed by atoms with Crippen LogP contribution in [-0.4, -0.2) is 21.1 Å². The average molecular weight is 354 g/mol. The normalized spacial score (nSPS) is 16.7. The molecule has 2 aromatic heterocycles. The minimum absolute atomic E-state index is 0.199. The van der Waals surface area contributed by atoms with Gasteiger partial charge < -0.3 is 14.8 Å². The van der Waals surface area contributed by atoms with Crippen LogP contribution < -0.4 is 5.32 Å². The molecule has 0 unspecified atom stereocenters. The Kier molecular flexibility index (Phi) is 4.36. The molecule has 122 valence electrons. The zero-order chi connectivity index (χ0) is 16.4. The van der Waals surface area contributed by atoms with Gasteiger partial charge in [0.1, 0.15) is 6.04 Å². The minimum Gasteiger partial charge on any atom is -0.358 e. The van der Waals surface area contributed by atoms with Gasteiger partial charge in [0.25, 0.3) is 0 Å². The van der Waals surface area contributed by atoms with Crippen molar-refractivity contribution in [2.45, 2.75) is 19.1 Å². The monoisotopic (exact) mass is 353 g/mol. The summed E-state index contributed by atoms with van der Waals surface area (Å²) in [4.78, 5) is 3.65. The van der Waals surface area contributed by atoms with E-state index >= 15 is 0 Å².